The number of carbonyl (C=O) groups is 1. The number of amides is 1. The van der Waals surface area contributed by atoms with Crippen molar-refractivity contribution in [3.05, 3.63) is 50.4 Å². The third-order valence-corrected chi connectivity index (χ3v) is 4.76. The Balaban J connectivity index is 1.97. The smallest absolute Gasteiger partial charge is 0.232 e. The fourth-order valence-corrected chi connectivity index (χ4v) is 3.63. The van der Waals surface area contributed by atoms with Crippen molar-refractivity contribution in [3.63, 3.8) is 0 Å². The van der Waals surface area contributed by atoms with Crippen molar-refractivity contribution in [1.82, 2.24) is 0 Å². The molecule has 0 aliphatic carbocycles. The van der Waals surface area contributed by atoms with E-state index < -0.39 is 0 Å². The first-order chi connectivity index (χ1) is 11.0. The lowest BCUT2D eigenvalue weighted by molar-refractivity contribution is -0.117. The molecule has 0 aromatic heterocycles. The molecule has 1 heterocycles. The molecule has 120 valence electrons. The quantitative estimate of drug-likeness (QED) is 0.730. The molecular formula is C17H15Br2NO3. The molecule has 0 saturated carbocycles. The Kier molecular flexibility index (Phi) is 4.64. The zero-order chi connectivity index (χ0) is 16.6. The number of rotatable bonds is 4. The number of carbonyl (C=O) groups excluding carboxylic acids is 1. The predicted molar refractivity (Wildman–Crippen MR) is 96.2 cm³/mol. The van der Waals surface area contributed by atoms with Crippen LogP contribution in [-0.2, 0) is 11.2 Å². The van der Waals surface area contributed by atoms with Crippen LogP contribution in [0.4, 0.5) is 5.69 Å². The summed E-state index contributed by atoms with van der Waals surface area (Å²) in [6.07, 6.45) is 0.403. The number of nitrogens with one attached hydrogen (secondary N) is 1. The maximum atomic E-state index is 12.3. The predicted octanol–water partition coefficient (Wildman–Crippen LogP) is 4.59. The van der Waals surface area contributed by atoms with Crippen molar-refractivity contribution in [3.8, 4) is 11.5 Å². The van der Waals surface area contributed by atoms with E-state index in [1.807, 2.05) is 31.2 Å². The molecule has 2 aromatic carbocycles. The summed E-state index contributed by atoms with van der Waals surface area (Å²) in [5.74, 6) is 0.114. The summed E-state index contributed by atoms with van der Waals surface area (Å²) in [4.78, 5) is 12.3. The van der Waals surface area contributed by atoms with Gasteiger partial charge in [-0.25, -0.2) is 0 Å². The van der Waals surface area contributed by atoms with E-state index in [1.54, 1.807) is 6.07 Å². The van der Waals surface area contributed by atoms with E-state index in [1.165, 1.54) is 0 Å². The molecule has 0 saturated heterocycles. The second-order valence-corrected chi connectivity index (χ2v) is 7.15. The summed E-state index contributed by atoms with van der Waals surface area (Å²) >= 11 is 6.87. The van der Waals surface area contributed by atoms with Crippen LogP contribution < -0.4 is 10.1 Å². The van der Waals surface area contributed by atoms with Gasteiger partial charge in [-0.3, -0.25) is 4.79 Å². The summed E-state index contributed by atoms with van der Waals surface area (Å²) in [6.45, 7) is 2.32. The fraction of sp³-hybridized carbons (Fsp3) is 0.235. The number of fused-ring (bicyclic) bond motifs is 1. The SMILES string of the molecule is CCOc1cc(Br)cc(CC2C(=O)Nc3ccc(Br)cc32)c1O. The molecule has 2 aromatic rings. The van der Waals surface area contributed by atoms with Crippen molar-refractivity contribution < 1.29 is 14.6 Å². The first kappa shape index (κ1) is 16.3. The van der Waals surface area contributed by atoms with Crippen molar-refractivity contribution in [2.24, 2.45) is 0 Å². The van der Waals surface area contributed by atoms with Crippen LogP contribution in [-0.4, -0.2) is 17.6 Å². The average Bonchev–Trinajstić information content (AvgIpc) is 2.80. The molecule has 6 heteroatoms. The number of aromatic hydroxyl groups is 1. The number of phenols is 1. The van der Waals surface area contributed by atoms with Gasteiger partial charge in [0.15, 0.2) is 11.5 Å². The van der Waals surface area contributed by atoms with E-state index in [2.05, 4.69) is 37.2 Å². The van der Waals surface area contributed by atoms with E-state index in [-0.39, 0.29) is 17.6 Å². The second kappa shape index (κ2) is 6.53. The molecule has 1 atom stereocenters. The van der Waals surface area contributed by atoms with E-state index in [4.69, 9.17) is 4.74 Å². The van der Waals surface area contributed by atoms with Crippen LogP contribution in [0.1, 0.15) is 24.0 Å². The van der Waals surface area contributed by atoms with Gasteiger partial charge in [-0.15, -0.1) is 0 Å². The summed E-state index contributed by atoms with van der Waals surface area (Å²) in [5.41, 5.74) is 2.43. The van der Waals surface area contributed by atoms with Gasteiger partial charge in [0, 0.05) is 14.6 Å². The highest BCUT2D eigenvalue weighted by Gasteiger charge is 2.31. The van der Waals surface area contributed by atoms with E-state index in [0.717, 1.165) is 20.2 Å². The zero-order valence-corrected chi connectivity index (χ0v) is 15.6. The Labute approximate surface area is 151 Å². The normalized spacial score (nSPS) is 16.1. The molecular weight excluding hydrogens is 426 g/mol. The van der Waals surface area contributed by atoms with Crippen LogP contribution in [0.5, 0.6) is 11.5 Å². The summed E-state index contributed by atoms with van der Waals surface area (Å²) in [5, 5.41) is 13.3. The number of halogens is 2. The first-order valence-electron chi connectivity index (χ1n) is 7.24. The molecule has 0 spiro atoms. The van der Waals surface area contributed by atoms with Gasteiger partial charge in [-0.1, -0.05) is 31.9 Å². The zero-order valence-electron chi connectivity index (χ0n) is 12.4. The van der Waals surface area contributed by atoms with Crippen LogP contribution in [0, 0.1) is 0 Å². The van der Waals surface area contributed by atoms with Crippen LogP contribution >= 0.6 is 31.9 Å². The van der Waals surface area contributed by atoms with E-state index >= 15 is 0 Å². The maximum Gasteiger partial charge on any atom is 0.232 e. The second-order valence-electron chi connectivity index (χ2n) is 5.32. The molecule has 4 nitrogen and oxygen atoms in total. The van der Waals surface area contributed by atoms with Gasteiger partial charge < -0.3 is 15.2 Å². The minimum absolute atomic E-state index is 0.0598. The molecule has 1 aliphatic heterocycles. The third kappa shape index (κ3) is 3.23. The highest BCUT2D eigenvalue weighted by molar-refractivity contribution is 9.10. The Morgan fingerprint density at radius 2 is 2.00 bits per heavy atom. The lowest BCUT2D eigenvalue weighted by Crippen LogP contribution is -2.14. The third-order valence-electron chi connectivity index (χ3n) is 3.81. The van der Waals surface area contributed by atoms with Gasteiger partial charge in [-0.2, -0.15) is 0 Å². The molecule has 0 bridgehead atoms. The largest absolute Gasteiger partial charge is 0.504 e. The Bertz CT molecular complexity index is 777. The minimum Gasteiger partial charge on any atom is -0.504 e. The fourth-order valence-electron chi connectivity index (χ4n) is 2.77. The molecule has 2 N–H and O–H groups in total. The van der Waals surface area contributed by atoms with Crippen molar-refractivity contribution >= 4 is 43.5 Å². The number of phenolic OH excluding ortho intramolecular Hbond substituents is 1. The monoisotopic (exact) mass is 439 g/mol. The van der Waals surface area contributed by atoms with E-state index in [0.29, 0.717) is 24.3 Å². The van der Waals surface area contributed by atoms with Gasteiger partial charge in [0.1, 0.15) is 0 Å². The molecule has 0 fully saturated rings. The standard InChI is InChI=1S/C17H15Br2NO3/c1-2-23-15-8-11(19)5-9(16(15)21)6-13-12-7-10(18)3-4-14(12)20-17(13)22/h3-5,7-8,13,21H,2,6H2,1H3,(H,20,22). The molecule has 3 rings (SSSR count). The van der Waals surface area contributed by atoms with Gasteiger partial charge in [0.05, 0.1) is 12.5 Å². The highest BCUT2D eigenvalue weighted by Crippen LogP contribution is 2.41. The van der Waals surface area contributed by atoms with Crippen LogP contribution in [0.15, 0.2) is 39.3 Å². The van der Waals surface area contributed by atoms with Gasteiger partial charge in [-0.05, 0) is 54.8 Å². The van der Waals surface area contributed by atoms with Crippen molar-refractivity contribution in [1.29, 1.82) is 0 Å². The molecule has 23 heavy (non-hydrogen) atoms. The average molecular weight is 441 g/mol. The minimum atomic E-state index is -0.336. The maximum absolute atomic E-state index is 12.3. The van der Waals surface area contributed by atoms with E-state index in [9.17, 15) is 9.90 Å². The topological polar surface area (TPSA) is 58.6 Å². The van der Waals surface area contributed by atoms with Gasteiger partial charge in [0.2, 0.25) is 5.91 Å². The summed E-state index contributed by atoms with van der Waals surface area (Å²) < 4.78 is 7.18. The lowest BCUT2D eigenvalue weighted by atomic mass is 9.92. The number of hydrogen-bond acceptors (Lipinski definition) is 3. The summed E-state index contributed by atoms with van der Waals surface area (Å²) in [7, 11) is 0. The van der Waals surface area contributed by atoms with Crippen molar-refractivity contribution in [2.75, 3.05) is 11.9 Å². The number of hydrogen-bond donors (Lipinski definition) is 2. The highest BCUT2D eigenvalue weighted by atomic mass is 79.9. The number of anilines is 1. The van der Waals surface area contributed by atoms with Crippen LogP contribution in [0.25, 0.3) is 0 Å². The number of benzene rings is 2. The van der Waals surface area contributed by atoms with Gasteiger partial charge >= 0.3 is 0 Å². The van der Waals surface area contributed by atoms with Crippen LogP contribution in [0.3, 0.4) is 0 Å². The van der Waals surface area contributed by atoms with Crippen LogP contribution in [0.2, 0.25) is 0 Å². The molecule has 1 aliphatic rings. The summed E-state index contributed by atoms with van der Waals surface area (Å²) in [6, 6.07) is 9.26. The Morgan fingerprint density at radius 3 is 2.74 bits per heavy atom. The Morgan fingerprint density at radius 1 is 1.22 bits per heavy atom. The molecule has 1 unspecified atom stereocenters. The van der Waals surface area contributed by atoms with Crippen molar-refractivity contribution in [2.45, 2.75) is 19.3 Å². The molecule has 0 radical (unpaired) electrons. The first-order valence-corrected chi connectivity index (χ1v) is 8.82. The van der Waals surface area contributed by atoms with Gasteiger partial charge in [0.25, 0.3) is 0 Å². The molecule has 1 amide bonds. The lowest BCUT2D eigenvalue weighted by Gasteiger charge is -2.14. The number of ether oxygens (including phenoxy) is 1. The Hall–Kier alpha value is -1.53.